The zero-order valence-electron chi connectivity index (χ0n) is 16.6. The topological polar surface area (TPSA) is 65.9 Å². The number of anilines is 2. The van der Waals surface area contributed by atoms with Crippen molar-refractivity contribution in [2.75, 3.05) is 43.1 Å². The lowest BCUT2D eigenvalue weighted by Crippen LogP contribution is -2.47. The molecule has 154 valence electrons. The van der Waals surface area contributed by atoms with Gasteiger partial charge in [0, 0.05) is 31.7 Å². The molecule has 0 unspecified atom stereocenters. The van der Waals surface area contributed by atoms with E-state index in [4.69, 9.17) is 4.74 Å². The van der Waals surface area contributed by atoms with Crippen LogP contribution in [-0.2, 0) is 0 Å². The Morgan fingerprint density at radius 2 is 1.63 bits per heavy atom. The van der Waals surface area contributed by atoms with Crippen LogP contribution in [0.3, 0.4) is 0 Å². The van der Waals surface area contributed by atoms with Crippen molar-refractivity contribution in [3.8, 4) is 17.0 Å². The van der Waals surface area contributed by atoms with E-state index in [1.54, 1.807) is 31.4 Å². The molecule has 0 aliphatic carbocycles. The van der Waals surface area contributed by atoms with E-state index in [9.17, 15) is 14.3 Å². The van der Waals surface area contributed by atoms with Gasteiger partial charge in [0.25, 0.3) is 0 Å². The summed E-state index contributed by atoms with van der Waals surface area (Å²) < 4.78 is 19.5. The summed E-state index contributed by atoms with van der Waals surface area (Å²) in [5, 5.41) is 9.67. The number of carboxylic acids is 1. The van der Waals surface area contributed by atoms with Crippen LogP contribution in [-0.4, -0.2) is 49.3 Å². The predicted octanol–water partition coefficient (Wildman–Crippen LogP) is 3.92. The number of benzene rings is 2. The number of halogens is 1. The highest BCUT2D eigenvalue weighted by molar-refractivity contribution is 5.94. The second-order valence-electron chi connectivity index (χ2n) is 7.00. The first-order chi connectivity index (χ1) is 14.6. The van der Waals surface area contributed by atoms with Crippen LogP contribution in [0.2, 0.25) is 0 Å². The molecular weight excluding hydrogens is 385 g/mol. The second kappa shape index (κ2) is 8.41. The van der Waals surface area contributed by atoms with Crippen molar-refractivity contribution in [1.29, 1.82) is 0 Å². The molecule has 0 amide bonds. The van der Waals surface area contributed by atoms with Crippen LogP contribution in [0.4, 0.5) is 15.9 Å². The van der Waals surface area contributed by atoms with E-state index >= 15 is 0 Å². The molecule has 6 nitrogen and oxygen atoms in total. The summed E-state index contributed by atoms with van der Waals surface area (Å²) >= 11 is 0. The molecule has 1 aromatic heterocycles. The third kappa shape index (κ3) is 3.78. The molecule has 1 fully saturated rings. The van der Waals surface area contributed by atoms with E-state index in [-0.39, 0.29) is 11.4 Å². The molecular formula is C23H22FN3O3. The number of nitrogens with zero attached hydrogens (tertiary/aromatic N) is 3. The predicted molar refractivity (Wildman–Crippen MR) is 114 cm³/mol. The van der Waals surface area contributed by atoms with Gasteiger partial charge in [0.15, 0.2) is 0 Å². The first kappa shape index (κ1) is 19.7. The fourth-order valence-corrected chi connectivity index (χ4v) is 3.73. The lowest BCUT2D eigenvalue weighted by Gasteiger charge is -2.37. The minimum absolute atomic E-state index is 0.146. The molecule has 0 atom stereocenters. The van der Waals surface area contributed by atoms with Crippen LogP contribution >= 0.6 is 0 Å². The smallest absolute Gasteiger partial charge is 0.339 e. The summed E-state index contributed by atoms with van der Waals surface area (Å²) in [6.45, 7) is 2.22. The van der Waals surface area contributed by atoms with E-state index in [0.717, 1.165) is 5.56 Å². The van der Waals surface area contributed by atoms with Crippen molar-refractivity contribution in [2.24, 2.45) is 0 Å². The highest BCUT2D eigenvalue weighted by Gasteiger charge is 2.25. The number of aromatic nitrogens is 1. The number of para-hydroxylation sites is 2. The zero-order valence-corrected chi connectivity index (χ0v) is 16.6. The molecule has 1 saturated heterocycles. The van der Waals surface area contributed by atoms with E-state index in [0.29, 0.717) is 49.1 Å². The lowest BCUT2D eigenvalue weighted by atomic mass is 10.1. The fraction of sp³-hybridized carbons (Fsp3) is 0.217. The number of hydrogen-bond acceptors (Lipinski definition) is 5. The van der Waals surface area contributed by atoms with E-state index in [1.807, 2.05) is 40.1 Å². The van der Waals surface area contributed by atoms with Gasteiger partial charge in [0.1, 0.15) is 22.9 Å². The summed E-state index contributed by atoms with van der Waals surface area (Å²) in [7, 11) is 1.59. The lowest BCUT2D eigenvalue weighted by molar-refractivity contribution is 0.0697. The summed E-state index contributed by atoms with van der Waals surface area (Å²) in [6, 6.07) is 17.4. The van der Waals surface area contributed by atoms with Crippen LogP contribution in [0.25, 0.3) is 11.3 Å². The minimum atomic E-state index is -1.03. The molecule has 1 aliphatic heterocycles. The van der Waals surface area contributed by atoms with Crippen LogP contribution in [0.5, 0.6) is 5.75 Å². The normalized spacial score (nSPS) is 13.9. The number of hydrogen-bond donors (Lipinski definition) is 1. The van der Waals surface area contributed by atoms with Gasteiger partial charge in [-0.2, -0.15) is 0 Å². The molecule has 4 rings (SSSR count). The third-order valence-electron chi connectivity index (χ3n) is 5.26. The molecule has 0 saturated carbocycles. The highest BCUT2D eigenvalue weighted by atomic mass is 19.1. The van der Waals surface area contributed by atoms with Crippen molar-refractivity contribution < 1.29 is 19.0 Å². The van der Waals surface area contributed by atoms with Gasteiger partial charge in [-0.05, 0) is 36.4 Å². The molecule has 1 N–H and O–H groups in total. The maximum atomic E-state index is 14.1. The number of methoxy groups -OCH3 is 1. The Morgan fingerprint density at radius 1 is 0.967 bits per heavy atom. The van der Waals surface area contributed by atoms with Gasteiger partial charge < -0.3 is 19.6 Å². The van der Waals surface area contributed by atoms with Crippen molar-refractivity contribution in [2.45, 2.75) is 0 Å². The molecule has 2 aromatic carbocycles. The summed E-state index contributed by atoms with van der Waals surface area (Å²) in [4.78, 5) is 20.4. The maximum absolute atomic E-state index is 14.1. The Kier molecular flexibility index (Phi) is 5.52. The van der Waals surface area contributed by atoms with Gasteiger partial charge in [0.2, 0.25) is 0 Å². The quantitative estimate of drug-likeness (QED) is 0.692. The van der Waals surface area contributed by atoms with Crippen LogP contribution in [0.15, 0.2) is 60.7 Å². The SMILES string of the molecule is COc1ccccc1-c1ccc(C(=O)O)c(N2CCN(c3ccccc3F)CC2)n1. The van der Waals surface area contributed by atoms with Gasteiger partial charge in [-0.15, -0.1) is 0 Å². The molecule has 7 heteroatoms. The number of pyridine rings is 1. The van der Waals surface area contributed by atoms with Gasteiger partial charge >= 0.3 is 5.97 Å². The minimum Gasteiger partial charge on any atom is -0.496 e. The van der Waals surface area contributed by atoms with Crippen molar-refractivity contribution in [3.63, 3.8) is 0 Å². The first-order valence-corrected chi connectivity index (χ1v) is 9.70. The summed E-state index contributed by atoms with van der Waals surface area (Å²) in [5.74, 6) is -0.198. The van der Waals surface area contributed by atoms with E-state index < -0.39 is 5.97 Å². The zero-order chi connectivity index (χ0) is 21.1. The average molecular weight is 407 g/mol. The van der Waals surface area contributed by atoms with Crippen molar-refractivity contribution >= 4 is 17.5 Å². The van der Waals surface area contributed by atoms with E-state index in [1.165, 1.54) is 6.07 Å². The molecule has 30 heavy (non-hydrogen) atoms. The molecule has 0 spiro atoms. The largest absolute Gasteiger partial charge is 0.496 e. The van der Waals surface area contributed by atoms with Crippen LogP contribution < -0.4 is 14.5 Å². The first-order valence-electron chi connectivity index (χ1n) is 9.70. The third-order valence-corrected chi connectivity index (χ3v) is 5.26. The highest BCUT2D eigenvalue weighted by Crippen LogP contribution is 2.31. The van der Waals surface area contributed by atoms with Gasteiger partial charge in [-0.25, -0.2) is 14.2 Å². The molecule has 0 radical (unpaired) electrons. The average Bonchev–Trinajstić information content (AvgIpc) is 2.79. The number of rotatable bonds is 5. The summed E-state index contributed by atoms with van der Waals surface area (Å²) in [6.07, 6.45) is 0. The Hall–Kier alpha value is -3.61. The van der Waals surface area contributed by atoms with Crippen LogP contribution in [0, 0.1) is 5.82 Å². The van der Waals surface area contributed by atoms with Gasteiger partial charge in [-0.3, -0.25) is 0 Å². The van der Waals surface area contributed by atoms with Crippen molar-refractivity contribution in [1.82, 2.24) is 4.98 Å². The monoisotopic (exact) mass is 407 g/mol. The Balaban J connectivity index is 1.63. The Morgan fingerprint density at radius 3 is 2.33 bits per heavy atom. The number of carbonyl (C=O) groups is 1. The maximum Gasteiger partial charge on any atom is 0.339 e. The number of aromatic carboxylic acids is 1. The van der Waals surface area contributed by atoms with E-state index in [2.05, 4.69) is 4.98 Å². The standard InChI is InChI=1S/C23H22FN3O3/c1-30-21-9-5-2-6-16(21)19-11-10-17(23(28)29)22(25-19)27-14-12-26(13-15-27)20-8-4-3-7-18(20)24/h2-11H,12-15H2,1H3,(H,28,29). The summed E-state index contributed by atoms with van der Waals surface area (Å²) in [5.41, 5.74) is 2.14. The van der Waals surface area contributed by atoms with Gasteiger partial charge in [-0.1, -0.05) is 24.3 Å². The number of ether oxygens (including phenoxy) is 1. The van der Waals surface area contributed by atoms with Crippen molar-refractivity contribution in [3.05, 3.63) is 72.0 Å². The van der Waals surface area contributed by atoms with Gasteiger partial charge in [0.05, 0.1) is 18.5 Å². The molecule has 3 aromatic rings. The second-order valence-corrected chi connectivity index (χ2v) is 7.00. The fourth-order valence-electron chi connectivity index (χ4n) is 3.73. The number of carboxylic acid groups (broad SMARTS) is 1. The Labute approximate surface area is 174 Å². The molecule has 0 bridgehead atoms. The molecule has 2 heterocycles. The number of piperazine rings is 1. The Bertz CT molecular complexity index is 1070. The molecule has 1 aliphatic rings. The van der Waals surface area contributed by atoms with Crippen LogP contribution in [0.1, 0.15) is 10.4 Å².